The van der Waals surface area contributed by atoms with E-state index in [1.807, 2.05) is 6.07 Å². The van der Waals surface area contributed by atoms with Crippen LogP contribution in [-0.4, -0.2) is 24.4 Å². The van der Waals surface area contributed by atoms with Crippen molar-refractivity contribution in [2.75, 3.05) is 13.6 Å². The zero-order chi connectivity index (χ0) is 14.2. The number of hydrogen-bond acceptors (Lipinski definition) is 3. The molecule has 0 saturated heterocycles. The Kier molecular flexibility index (Phi) is 4.22. The van der Waals surface area contributed by atoms with Crippen LogP contribution in [0.15, 0.2) is 12.1 Å². The van der Waals surface area contributed by atoms with Crippen molar-refractivity contribution in [3.05, 3.63) is 32.1 Å². The Balaban J connectivity index is 2.58. The van der Waals surface area contributed by atoms with Crippen molar-refractivity contribution in [3.8, 4) is 6.07 Å². The van der Waals surface area contributed by atoms with E-state index in [0.717, 1.165) is 4.70 Å². The lowest BCUT2D eigenvalue weighted by Gasteiger charge is -2.11. The van der Waals surface area contributed by atoms with Crippen LogP contribution in [0.25, 0.3) is 10.1 Å². The van der Waals surface area contributed by atoms with E-state index in [1.54, 1.807) is 19.2 Å². The van der Waals surface area contributed by atoms with Crippen LogP contribution in [0.1, 0.15) is 9.67 Å². The van der Waals surface area contributed by atoms with Gasteiger partial charge in [0.05, 0.1) is 16.1 Å². The first-order chi connectivity index (χ1) is 8.95. The summed E-state index contributed by atoms with van der Waals surface area (Å²) in [7, 11) is 1.54. The maximum absolute atomic E-state index is 12.1. The lowest BCUT2D eigenvalue weighted by molar-refractivity contribution is 0.0817. The number of halogens is 3. The molecule has 0 atom stereocenters. The fourth-order valence-electron chi connectivity index (χ4n) is 1.60. The molecule has 19 heavy (non-hydrogen) atoms. The van der Waals surface area contributed by atoms with E-state index in [-0.39, 0.29) is 12.5 Å². The lowest BCUT2D eigenvalue weighted by Crippen LogP contribution is -2.26. The van der Waals surface area contributed by atoms with Crippen molar-refractivity contribution in [1.82, 2.24) is 4.90 Å². The van der Waals surface area contributed by atoms with Crippen molar-refractivity contribution >= 4 is 62.1 Å². The molecule has 0 aliphatic rings. The maximum atomic E-state index is 12.1. The van der Waals surface area contributed by atoms with Gasteiger partial charge in [-0.15, -0.1) is 11.3 Å². The highest BCUT2D eigenvalue weighted by Gasteiger charge is 2.21. The van der Waals surface area contributed by atoms with Gasteiger partial charge in [-0.2, -0.15) is 5.26 Å². The van der Waals surface area contributed by atoms with Crippen molar-refractivity contribution < 1.29 is 4.79 Å². The largest absolute Gasteiger partial charge is 0.328 e. The quantitative estimate of drug-likeness (QED) is 0.762. The monoisotopic (exact) mass is 332 g/mol. The molecule has 98 valence electrons. The summed E-state index contributed by atoms with van der Waals surface area (Å²) in [5.41, 5.74) is 0. The maximum Gasteiger partial charge on any atom is 0.266 e. The molecule has 1 aromatic carbocycles. The van der Waals surface area contributed by atoms with Crippen LogP contribution < -0.4 is 0 Å². The summed E-state index contributed by atoms with van der Waals surface area (Å²) in [6.07, 6.45) is 0. The predicted molar refractivity (Wildman–Crippen MR) is 79.4 cm³/mol. The van der Waals surface area contributed by atoms with Crippen molar-refractivity contribution in [2.45, 2.75) is 0 Å². The molecule has 1 aromatic heterocycles. The average molecular weight is 334 g/mol. The number of fused-ring (bicyclic) bond motifs is 1. The average Bonchev–Trinajstić information content (AvgIpc) is 2.65. The van der Waals surface area contributed by atoms with Crippen LogP contribution >= 0.6 is 46.1 Å². The first kappa shape index (κ1) is 14.4. The van der Waals surface area contributed by atoms with Crippen LogP contribution in [0.2, 0.25) is 15.1 Å². The Bertz CT molecular complexity index is 705. The lowest BCUT2D eigenvalue weighted by atomic mass is 10.2. The summed E-state index contributed by atoms with van der Waals surface area (Å²) in [5.74, 6) is -0.306. The molecule has 0 radical (unpaired) electrons. The summed E-state index contributed by atoms with van der Waals surface area (Å²) in [6, 6.07) is 5.20. The van der Waals surface area contributed by atoms with Crippen LogP contribution in [0, 0.1) is 11.3 Å². The number of nitriles is 1. The number of benzene rings is 1. The van der Waals surface area contributed by atoms with Gasteiger partial charge in [0.15, 0.2) is 0 Å². The summed E-state index contributed by atoms with van der Waals surface area (Å²) in [4.78, 5) is 13.8. The van der Waals surface area contributed by atoms with Gasteiger partial charge in [0.1, 0.15) is 11.4 Å². The van der Waals surface area contributed by atoms with Crippen molar-refractivity contribution in [2.24, 2.45) is 0 Å². The number of carbonyl (C=O) groups is 1. The number of nitrogens with zero attached hydrogens (tertiary/aromatic N) is 2. The molecule has 0 bridgehead atoms. The van der Waals surface area contributed by atoms with Gasteiger partial charge in [-0.25, -0.2) is 0 Å². The molecule has 0 aliphatic carbocycles. The van der Waals surface area contributed by atoms with Crippen molar-refractivity contribution in [3.63, 3.8) is 0 Å². The second kappa shape index (κ2) is 5.56. The Morgan fingerprint density at radius 3 is 2.74 bits per heavy atom. The minimum atomic E-state index is -0.306. The van der Waals surface area contributed by atoms with Gasteiger partial charge in [-0.05, 0) is 12.1 Å². The minimum Gasteiger partial charge on any atom is -0.328 e. The molecule has 2 rings (SSSR count). The fourth-order valence-corrected chi connectivity index (χ4v) is 3.97. The molecule has 3 nitrogen and oxygen atoms in total. The van der Waals surface area contributed by atoms with E-state index in [1.165, 1.54) is 16.2 Å². The van der Waals surface area contributed by atoms with Gasteiger partial charge in [0.25, 0.3) is 5.91 Å². The zero-order valence-electron chi connectivity index (χ0n) is 9.71. The van der Waals surface area contributed by atoms with E-state index < -0.39 is 0 Å². The minimum absolute atomic E-state index is 0.00209. The Morgan fingerprint density at radius 2 is 2.11 bits per heavy atom. The van der Waals surface area contributed by atoms with Crippen molar-refractivity contribution in [1.29, 1.82) is 5.26 Å². The third-order valence-electron chi connectivity index (χ3n) is 2.50. The van der Waals surface area contributed by atoms with Crippen LogP contribution in [-0.2, 0) is 0 Å². The van der Waals surface area contributed by atoms with Gasteiger partial charge in [-0.3, -0.25) is 4.79 Å². The van der Waals surface area contributed by atoms with Gasteiger partial charge >= 0.3 is 0 Å². The molecule has 1 amide bonds. The topological polar surface area (TPSA) is 44.1 Å². The van der Waals surface area contributed by atoms with E-state index in [2.05, 4.69) is 0 Å². The highest BCUT2D eigenvalue weighted by atomic mass is 35.5. The molecular weight excluding hydrogens is 327 g/mol. The third-order valence-corrected chi connectivity index (χ3v) is 4.63. The number of hydrogen-bond donors (Lipinski definition) is 0. The smallest absolute Gasteiger partial charge is 0.266 e. The van der Waals surface area contributed by atoms with Crippen LogP contribution in [0.4, 0.5) is 0 Å². The molecular formula is C12H7Cl3N2OS. The molecule has 0 aliphatic heterocycles. The fraction of sp³-hybridized carbons (Fsp3) is 0.167. The second-order valence-electron chi connectivity index (χ2n) is 3.83. The Morgan fingerprint density at radius 1 is 1.42 bits per heavy atom. The van der Waals surface area contributed by atoms with Gasteiger partial charge < -0.3 is 4.90 Å². The van der Waals surface area contributed by atoms with E-state index >= 15 is 0 Å². The zero-order valence-corrected chi connectivity index (χ0v) is 12.8. The summed E-state index contributed by atoms with van der Waals surface area (Å²) in [5, 5.41) is 10.4. The molecule has 0 N–H and O–H groups in total. The Hall–Kier alpha value is -0.990. The Labute approximate surface area is 128 Å². The molecule has 0 spiro atoms. The first-order valence-electron chi connectivity index (χ1n) is 5.15. The van der Waals surface area contributed by atoms with Gasteiger partial charge in [0, 0.05) is 22.2 Å². The predicted octanol–water partition coefficient (Wildman–Crippen LogP) is 4.46. The number of thiophene rings is 1. The molecule has 7 heteroatoms. The number of amides is 1. The molecule has 0 unspecified atom stereocenters. The molecule has 1 heterocycles. The van der Waals surface area contributed by atoms with E-state index in [4.69, 9.17) is 40.1 Å². The van der Waals surface area contributed by atoms with Crippen LogP contribution in [0.3, 0.4) is 0 Å². The molecule has 0 saturated carbocycles. The number of rotatable bonds is 2. The normalized spacial score (nSPS) is 10.5. The SMILES string of the molecule is CN(CC#N)C(=O)c1sc2cc(Cl)cc(Cl)c2c1Cl. The van der Waals surface area contributed by atoms with Gasteiger partial charge in [-0.1, -0.05) is 34.8 Å². The highest BCUT2D eigenvalue weighted by molar-refractivity contribution is 7.21. The first-order valence-corrected chi connectivity index (χ1v) is 7.10. The second-order valence-corrected chi connectivity index (χ2v) is 6.10. The standard InChI is InChI=1S/C12H7Cl3N2OS/c1-17(3-2-16)12(18)11-10(15)9-7(14)4-6(13)5-8(9)19-11/h4-5H,3H2,1H3. The van der Waals surface area contributed by atoms with E-state index in [0.29, 0.717) is 25.3 Å². The summed E-state index contributed by atoms with van der Waals surface area (Å²) >= 11 is 19.4. The van der Waals surface area contributed by atoms with E-state index in [9.17, 15) is 4.79 Å². The summed E-state index contributed by atoms with van der Waals surface area (Å²) < 4.78 is 0.746. The van der Waals surface area contributed by atoms with Crippen LogP contribution in [0.5, 0.6) is 0 Å². The summed E-state index contributed by atoms with van der Waals surface area (Å²) in [6.45, 7) is -0.00209. The molecule has 0 fully saturated rings. The van der Waals surface area contributed by atoms with Gasteiger partial charge in [0.2, 0.25) is 0 Å². The third kappa shape index (κ3) is 2.65. The highest BCUT2D eigenvalue weighted by Crippen LogP contribution is 2.41. The number of carbonyl (C=O) groups excluding carboxylic acids is 1. The molecule has 2 aromatic rings.